The van der Waals surface area contributed by atoms with Gasteiger partial charge in [0.05, 0.1) is 12.6 Å². The number of amides is 1. The Kier molecular flexibility index (Phi) is 5.04. The number of hydrogen-bond donors (Lipinski definition) is 1. The minimum atomic E-state index is -0.535. The van der Waals surface area contributed by atoms with Crippen molar-refractivity contribution in [3.05, 3.63) is 0 Å². The van der Waals surface area contributed by atoms with Gasteiger partial charge in [-0.2, -0.15) is 5.26 Å². The standard InChI is InChI=1S/C15H27N3O2/c1-14(2,3)18(13(19)20-15(4,5)6)10-12(9-16)17-11-7-8-11/h11-12,17H,7-8,10H2,1-6H3. The van der Waals surface area contributed by atoms with Crippen molar-refractivity contribution in [2.75, 3.05) is 6.54 Å². The summed E-state index contributed by atoms with van der Waals surface area (Å²) in [4.78, 5) is 14.0. The van der Waals surface area contributed by atoms with Gasteiger partial charge < -0.3 is 9.64 Å². The van der Waals surface area contributed by atoms with Gasteiger partial charge in [-0.15, -0.1) is 0 Å². The van der Waals surface area contributed by atoms with Gasteiger partial charge in [-0.1, -0.05) is 0 Å². The number of nitrogens with one attached hydrogen (secondary N) is 1. The van der Waals surface area contributed by atoms with Crippen molar-refractivity contribution in [3.63, 3.8) is 0 Å². The van der Waals surface area contributed by atoms with Crippen LogP contribution in [-0.2, 0) is 4.74 Å². The van der Waals surface area contributed by atoms with Crippen LogP contribution >= 0.6 is 0 Å². The number of ether oxygens (including phenoxy) is 1. The van der Waals surface area contributed by atoms with Gasteiger partial charge in [0, 0.05) is 11.6 Å². The monoisotopic (exact) mass is 281 g/mol. The van der Waals surface area contributed by atoms with E-state index in [1.807, 2.05) is 41.5 Å². The number of carbonyl (C=O) groups excluding carboxylic acids is 1. The molecule has 1 aliphatic carbocycles. The molecule has 0 bridgehead atoms. The predicted molar refractivity (Wildman–Crippen MR) is 78.3 cm³/mol. The molecule has 1 atom stereocenters. The van der Waals surface area contributed by atoms with Crippen molar-refractivity contribution in [2.45, 2.75) is 77.6 Å². The van der Waals surface area contributed by atoms with Crippen LogP contribution in [0.4, 0.5) is 4.79 Å². The molecule has 1 rings (SSSR count). The molecule has 1 fully saturated rings. The fourth-order valence-corrected chi connectivity index (χ4v) is 1.79. The summed E-state index contributed by atoms with van der Waals surface area (Å²) >= 11 is 0. The molecule has 0 radical (unpaired) electrons. The van der Waals surface area contributed by atoms with E-state index < -0.39 is 5.60 Å². The zero-order chi connectivity index (χ0) is 15.6. The second-order valence-corrected chi connectivity index (χ2v) is 7.38. The van der Waals surface area contributed by atoms with E-state index in [2.05, 4.69) is 11.4 Å². The second-order valence-electron chi connectivity index (χ2n) is 7.38. The molecule has 1 aliphatic rings. The van der Waals surface area contributed by atoms with Crippen LogP contribution in [0.1, 0.15) is 54.4 Å². The maximum absolute atomic E-state index is 12.3. The Hall–Kier alpha value is -1.28. The molecule has 1 unspecified atom stereocenters. The third-order valence-electron chi connectivity index (χ3n) is 2.96. The summed E-state index contributed by atoms with van der Waals surface area (Å²) in [6.07, 6.45) is 1.85. The number of nitrogens with zero attached hydrogens (tertiary/aromatic N) is 2. The highest BCUT2D eigenvalue weighted by atomic mass is 16.6. The quantitative estimate of drug-likeness (QED) is 0.860. The van der Waals surface area contributed by atoms with Crippen molar-refractivity contribution >= 4 is 6.09 Å². The topological polar surface area (TPSA) is 65.4 Å². The lowest BCUT2D eigenvalue weighted by atomic mass is 10.1. The molecule has 1 saturated carbocycles. The average Bonchev–Trinajstić information content (AvgIpc) is 3.03. The normalized spacial score (nSPS) is 17.2. The van der Waals surface area contributed by atoms with Gasteiger partial charge in [0.1, 0.15) is 11.6 Å². The zero-order valence-corrected chi connectivity index (χ0v) is 13.5. The Morgan fingerprint density at radius 1 is 1.35 bits per heavy atom. The maximum atomic E-state index is 12.3. The molecule has 5 nitrogen and oxygen atoms in total. The SMILES string of the molecule is CC(C)(C)OC(=O)N(CC(C#N)NC1CC1)C(C)(C)C. The van der Waals surface area contributed by atoms with Gasteiger partial charge in [-0.3, -0.25) is 5.32 Å². The van der Waals surface area contributed by atoms with Crippen LogP contribution in [-0.4, -0.2) is 40.8 Å². The van der Waals surface area contributed by atoms with E-state index in [-0.39, 0.29) is 17.7 Å². The van der Waals surface area contributed by atoms with Crippen LogP contribution in [0.3, 0.4) is 0 Å². The van der Waals surface area contributed by atoms with Crippen LogP contribution in [0.5, 0.6) is 0 Å². The van der Waals surface area contributed by atoms with Crippen molar-refractivity contribution in [3.8, 4) is 6.07 Å². The molecular formula is C15H27N3O2. The van der Waals surface area contributed by atoms with Gasteiger partial charge in [-0.25, -0.2) is 4.79 Å². The van der Waals surface area contributed by atoms with E-state index in [9.17, 15) is 10.1 Å². The highest BCUT2D eigenvalue weighted by molar-refractivity contribution is 5.69. The van der Waals surface area contributed by atoms with E-state index in [1.54, 1.807) is 4.90 Å². The number of nitriles is 1. The lowest BCUT2D eigenvalue weighted by Gasteiger charge is -2.37. The minimum absolute atomic E-state index is 0.339. The van der Waals surface area contributed by atoms with E-state index in [0.717, 1.165) is 12.8 Å². The molecule has 0 aromatic carbocycles. The largest absolute Gasteiger partial charge is 0.444 e. The lowest BCUT2D eigenvalue weighted by Crippen LogP contribution is -2.53. The smallest absolute Gasteiger partial charge is 0.410 e. The third kappa shape index (κ3) is 5.79. The molecule has 1 N–H and O–H groups in total. The molecule has 0 saturated heterocycles. The highest BCUT2D eigenvalue weighted by Gasteiger charge is 2.34. The van der Waals surface area contributed by atoms with E-state index in [4.69, 9.17) is 4.74 Å². The van der Waals surface area contributed by atoms with E-state index in [1.165, 1.54) is 0 Å². The van der Waals surface area contributed by atoms with Crippen LogP contribution < -0.4 is 5.32 Å². The van der Waals surface area contributed by atoms with Gasteiger partial charge >= 0.3 is 6.09 Å². The van der Waals surface area contributed by atoms with Gasteiger partial charge in [0.15, 0.2) is 0 Å². The van der Waals surface area contributed by atoms with Crippen LogP contribution in [0, 0.1) is 11.3 Å². The van der Waals surface area contributed by atoms with Gasteiger partial charge in [0.25, 0.3) is 0 Å². The number of carbonyl (C=O) groups is 1. The molecule has 20 heavy (non-hydrogen) atoms. The number of hydrogen-bond acceptors (Lipinski definition) is 4. The average molecular weight is 281 g/mol. The van der Waals surface area contributed by atoms with Crippen molar-refractivity contribution in [1.82, 2.24) is 10.2 Å². The first-order valence-corrected chi connectivity index (χ1v) is 7.19. The van der Waals surface area contributed by atoms with Crippen molar-refractivity contribution in [1.29, 1.82) is 5.26 Å². The molecule has 114 valence electrons. The van der Waals surface area contributed by atoms with Crippen molar-refractivity contribution in [2.24, 2.45) is 0 Å². The molecule has 0 heterocycles. The predicted octanol–water partition coefficient (Wildman–Crippen LogP) is 2.67. The summed E-state index contributed by atoms with van der Waals surface area (Å²) in [7, 11) is 0. The Labute approximate surface area is 122 Å². The first-order valence-electron chi connectivity index (χ1n) is 7.19. The molecule has 0 aromatic rings. The first-order chi connectivity index (χ1) is 9.03. The lowest BCUT2D eigenvalue weighted by molar-refractivity contribution is 0.00503. The summed E-state index contributed by atoms with van der Waals surface area (Å²) in [6.45, 7) is 11.7. The first kappa shape index (κ1) is 16.8. The van der Waals surface area contributed by atoms with E-state index >= 15 is 0 Å². The molecule has 5 heteroatoms. The third-order valence-corrected chi connectivity index (χ3v) is 2.96. The van der Waals surface area contributed by atoms with Crippen LogP contribution in [0.2, 0.25) is 0 Å². The Morgan fingerprint density at radius 3 is 2.25 bits per heavy atom. The van der Waals surface area contributed by atoms with Crippen LogP contribution in [0.15, 0.2) is 0 Å². The Bertz CT molecular complexity index is 383. The van der Waals surface area contributed by atoms with Gasteiger partial charge in [-0.05, 0) is 54.4 Å². The fourth-order valence-electron chi connectivity index (χ4n) is 1.79. The van der Waals surface area contributed by atoms with Crippen LogP contribution in [0.25, 0.3) is 0 Å². The molecule has 1 amide bonds. The molecule has 0 aromatic heterocycles. The number of rotatable bonds is 4. The Balaban J connectivity index is 2.73. The van der Waals surface area contributed by atoms with E-state index in [0.29, 0.717) is 12.6 Å². The van der Waals surface area contributed by atoms with Crippen molar-refractivity contribution < 1.29 is 9.53 Å². The summed E-state index contributed by atoms with van der Waals surface area (Å²) in [6, 6.07) is 2.31. The minimum Gasteiger partial charge on any atom is -0.444 e. The second kappa shape index (κ2) is 6.01. The Morgan fingerprint density at radius 2 is 1.90 bits per heavy atom. The molecule has 0 spiro atoms. The summed E-state index contributed by atoms with van der Waals surface area (Å²) in [5, 5.41) is 12.5. The molecular weight excluding hydrogens is 254 g/mol. The zero-order valence-electron chi connectivity index (χ0n) is 13.5. The van der Waals surface area contributed by atoms with Gasteiger partial charge in [0.2, 0.25) is 0 Å². The fraction of sp³-hybridized carbons (Fsp3) is 0.867. The summed E-state index contributed by atoms with van der Waals surface area (Å²) < 4.78 is 5.44. The summed E-state index contributed by atoms with van der Waals surface area (Å²) in [5.74, 6) is 0. The molecule has 0 aliphatic heterocycles. The highest BCUT2D eigenvalue weighted by Crippen LogP contribution is 2.22. The summed E-state index contributed by atoms with van der Waals surface area (Å²) in [5.41, 5.74) is -0.921. The maximum Gasteiger partial charge on any atom is 0.410 e.